The molecule has 0 spiro atoms. The fourth-order valence-electron chi connectivity index (χ4n) is 4.56. The number of aliphatic hydroxyl groups excluding tert-OH is 1. The van der Waals surface area contributed by atoms with Crippen LogP contribution in [0.4, 0.5) is 10.2 Å². The molecule has 34 heavy (non-hydrogen) atoms. The molecule has 0 saturated heterocycles. The quantitative estimate of drug-likeness (QED) is 0.442. The standard InChI is InChI=1S/C26H27FN6O/c1-16-13-33(15-28-16)23-12-11-21(29-22(23)14-34)24-19-5-4-6-20(19)25(32-31-24)30-26(2,3)17-7-9-18(27)10-8-17/h7-13,15,34H,4-6,14H2,1-3H3,(H,30,32). The first-order chi connectivity index (χ1) is 16.4. The molecule has 0 atom stereocenters. The maximum atomic E-state index is 13.4. The van der Waals surface area contributed by atoms with Crippen LogP contribution < -0.4 is 5.32 Å². The van der Waals surface area contributed by atoms with Gasteiger partial charge in [-0.2, -0.15) is 0 Å². The lowest BCUT2D eigenvalue weighted by molar-refractivity contribution is 0.276. The highest BCUT2D eigenvalue weighted by molar-refractivity contribution is 5.67. The molecule has 0 fully saturated rings. The van der Waals surface area contributed by atoms with Crippen LogP contribution in [0, 0.1) is 12.7 Å². The summed E-state index contributed by atoms with van der Waals surface area (Å²) in [5.74, 6) is 0.493. The number of imidazole rings is 1. The molecule has 2 N–H and O–H groups in total. The Morgan fingerprint density at radius 1 is 1.06 bits per heavy atom. The molecule has 4 aromatic rings. The van der Waals surface area contributed by atoms with E-state index in [-0.39, 0.29) is 12.4 Å². The molecule has 174 valence electrons. The second kappa shape index (κ2) is 8.61. The second-order valence-electron chi connectivity index (χ2n) is 9.21. The Morgan fingerprint density at radius 2 is 1.82 bits per heavy atom. The predicted octanol–water partition coefficient (Wildman–Crippen LogP) is 4.50. The molecule has 1 aliphatic rings. The summed E-state index contributed by atoms with van der Waals surface area (Å²) in [5, 5.41) is 22.6. The molecule has 5 rings (SSSR count). The van der Waals surface area contributed by atoms with Gasteiger partial charge in [-0.1, -0.05) is 12.1 Å². The summed E-state index contributed by atoms with van der Waals surface area (Å²) in [7, 11) is 0. The predicted molar refractivity (Wildman–Crippen MR) is 128 cm³/mol. The van der Waals surface area contributed by atoms with Gasteiger partial charge in [0.05, 0.1) is 41.2 Å². The summed E-state index contributed by atoms with van der Waals surface area (Å²) < 4.78 is 15.3. The molecule has 0 aliphatic heterocycles. The third kappa shape index (κ3) is 4.05. The topological polar surface area (TPSA) is 88.8 Å². The maximum Gasteiger partial charge on any atom is 0.152 e. The van der Waals surface area contributed by atoms with E-state index < -0.39 is 5.54 Å². The number of hydrogen-bond donors (Lipinski definition) is 2. The Hall–Kier alpha value is -3.65. The van der Waals surface area contributed by atoms with Crippen LogP contribution in [0.25, 0.3) is 17.1 Å². The van der Waals surface area contributed by atoms with Crippen LogP contribution in [-0.2, 0) is 25.0 Å². The average molecular weight is 459 g/mol. The van der Waals surface area contributed by atoms with Crippen molar-refractivity contribution in [2.45, 2.75) is 52.2 Å². The van der Waals surface area contributed by atoms with Crippen molar-refractivity contribution in [1.29, 1.82) is 0 Å². The third-order valence-corrected chi connectivity index (χ3v) is 6.37. The largest absolute Gasteiger partial charge is 0.390 e. The fraction of sp³-hybridized carbons (Fsp3) is 0.308. The number of aryl methyl sites for hydroxylation is 1. The van der Waals surface area contributed by atoms with E-state index in [1.54, 1.807) is 18.5 Å². The zero-order valence-electron chi connectivity index (χ0n) is 19.5. The van der Waals surface area contributed by atoms with Gasteiger partial charge in [0.2, 0.25) is 0 Å². The van der Waals surface area contributed by atoms with E-state index in [9.17, 15) is 9.50 Å². The van der Waals surface area contributed by atoms with E-state index in [1.807, 2.05) is 43.7 Å². The van der Waals surface area contributed by atoms with E-state index in [4.69, 9.17) is 4.98 Å². The fourth-order valence-corrected chi connectivity index (χ4v) is 4.56. The minimum Gasteiger partial charge on any atom is -0.390 e. The van der Waals surface area contributed by atoms with Crippen molar-refractivity contribution in [3.8, 4) is 17.1 Å². The Labute approximate surface area is 197 Å². The van der Waals surface area contributed by atoms with Gasteiger partial charge in [-0.25, -0.2) is 14.4 Å². The van der Waals surface area contributed by atoms with Gasteiger partial charge in [0.1, 0.15) is 11.5 Å². The molecule has 0 unspecified atom stereocenters. The summed E-state index contributed by atoms with van der Waals surface area (Å²) in [6.45, 7) is 5.82. The van der Waals surface area contributed by atoms with Gasteiger partial charge in [0.15, 0.2) is 5.82 Å². The molecule has 1 aromatic carbocycles. The van der Waals surface area contributed by atoms with E-state index >= 15 is 0 Å². The van der Waals surface area contributed by atoms with Gasteiger partial charge in [-0.15, -0.1) is 10.2 Å². The Balaban J connectivity index is 1.50. The number of aliphatic hydroxyl groups is 1. The Morgan fingerprint density at radius 3 is 2.53 bits per heavy atom. The number of nitrogens with one attached hydrogen (secondary N) is 1. The van der Waals surface area contributed by atoms with Gasteiger partial charge in [-0.05, 0) is 75.4 Å². The summed E-state index contributed by atoms with van der Waals surface area (Å²) in [6, 6.07) is 10.4. The first-order valence-corrected chi connectivity index (χ1v) is 11.4. The minimum absolute atomic E-state index is 0.193. The highest BCUT2D eigenvalue weighted by Gasteiger charge is 2.27. The van der Waals surface area contributed by atoms with Crippen LogP contribution in [0.5, 0.6) is 0 Å². The van der Waals surface area contributed by atoms with Crippen LogP contribution in [0.1, 0.15) is 48.3 Å². The zero-order valence-corrected chi connectivity index (χ0v) is 19.5. The van der Waals surface area contributed by atoms with Crippen LogP contribution in [0.2, 0.25) is 0 Å². The smallest absolute Gasteiger partial charge is 0.152 e. The number of fused-ring (bicyclic) bond motifs is 1. The minimum atomic E-state index is -0.451. The van der Waals surface area contributed by atoms with E-state index in [1.165, 1.54) is 12.1 Å². The monoisotopic (exact) mass is 458 g/mol. The van der Waals surface area contributed by atoms with E-state index in [0.29, 0.717) is 11.4 Å². The summed E-state index contributed by atoms with van der Waals surface area (Å²) in [5.41, 5.74) is 6.47. The molecular formula is C26H27FN6O. The summed E-state index contributed by atoms with van der Waals surface area (Å²) in [4.78, 5) is 8.99. The number of benzene rings is 1. The number of aromatic nitrogens is 5. The average Bonchev–Trinajstić information content (AvgIpc) is 3.49. The number of hydrogen-bond acceptors (Lipinski definition) is 6. The van der Waals surface area contributed by atoms with Gasteiger partial charge in [0, 0.05) is 11.8 Å². The van der Waals surface area contributed by atoms with Gasteiger partial charge < -0.3 is 15.0 Å². The van der Waals surface area contributed by atoms with E-state index in [2.05, 4.69) is 20.5 Å². The number of rotatable bonds is 6. The van der Waals surface area contributed by atoms with E-state index in [0.717, 1.165) is 58.8 Å². The molecule has 0 amide bonds. The van der Waals surface area contributed by atoms with Gasteiger partial charge in [-0.3, -0.25) is 0 Å². The lowest BCUT2D eigenvalue weighted by Gasteiger charge is -2.28. The van der Waals surface area contributed by atoms with Gasteiger partial charge >= 0.3 is 0 Å². The molecule has 7 nitrogen and oxygen atoms in total. The van der Waals surface area contributed by atoms with Gasteiger partial charge in [0.25, 0.3) is 0 Å². The molecular weight excluding hydrogens is 431 g/mol. The SMILES string of the molecule is Cc1cn(-c2ccc(-c3nnc(NC(C)(C)c4ccc(F)cc4)c4c3CCC4)nc2CO)cn1. The van der Waals surface area contributed by atoms with Crippen molar-refractivity contribution >= 4 is 5.82 Å². The van der Waals surface area contributed by atoms with Crippen LogP contribution in [0.15, 0.2) is 48.9 Å². The van der Waals surface area contributed by atoms with Crippen molar-refractivity contribution < 1.29 is 9.50 Å². The van der Waals surface area contributed by atoms with Crippen molar-refractivity contribution in [2.75, 3.05) is 5.32 Å². The maximum absolute atomic E-state index is 13.4. The molecule has 3 aromatic heterocycles. The molecule has 3 heterocycles. The first kappa shape index (κ1) is 22.2. The number of anilines is 1. The molecule has 1 aliphatic carbocycles. The summed E-state index contributed by atoms with van der Waals surface area (Å²) >= 11 is 0. The normalized spacial score (nSPS) is 13.2. The van der Waals surface area contributed by atoms with Crippen molar-refractivity contribution in [3.63, 3.8) is 0 Å². The lowest BCUT2D eigenvalue weighted by Crippen LogP contribution is -2.29. The number of nitrogens with zero attached hydrogens (tertiary/aromatic N) is 5. The third-order valence-electron chi connectivity index (χ3n) is 6.37. The van der Waals surface area contributed by atoms with Crippen molar-refractivity contribution in [2.24, 2.45) is 0 Å². The number of halogens is 1. The van der Waals surface area contributed by atoms with Crippen molar-refractivity contribution in [3.05, 3.63) is 82.8 Å². The van der Waals surface area contributed by atoms with Crippen LogP contribution in [-0.4, -0.2) is 29.8 Å². The van der Waals surface area contributed by atoms with Crippen molar-refractivity contribution in [1.82, 2.24) is 24.7 Å². The Bertz CT molecular complexity index is 1350. The zero-order chi connectivity index (χ0) is 23.9. The second-order valence-corrected chi connectivity index (χ2v) is 9.21. The highest BCUT2D eigenvalue weighted by atomic mass is 19.1. The molecule has 0 saturated carbocycles. The number of pyridine rings is 1. The summed E-state index contributed by atoms with van der Waals surface area (Å²) in [6.07, 6.45) is 6.42. The first-order valence-electron chi connectivity index (χ1n) is 11.4. The Kier molecular flexibility index (Phi) is 5.61. The lowest BCUT2D eigenvalue weighted by atomic mass is 9.94. The molecule has 0 radical (unpaired) electrons. The van der Waals surface area contributed by atoms with Crippen LogP contribution >= 0.6 is 0 Å². The molecule has 8 heteroatoms. The van der Waals surface area contributed by atoms with Crippen LogP contribution in [0.3, 0.4) is 0 Å². The highest BCUT2D eigenvalue weighted by Crippen LogP contribution is 2.36. The molecule has 0 bridgehead atoms.